The lowest BCUT2D eigenvalue weighted by atomic mass is 10.2. The molecule has 0 fully saturated rings. The van der Waals surface area contributed by atoms with Crippen LogP contribution in [-0.2, 0) is 9.53 Å². The number of methoxy groups -OCH3 is 1. The topological polar surface area (TPSA) is 97.4 Å². The minimum atomic E-state index is -1.93. The second-order valence-electron chi connectivity index (χ2n) is 5.94. The molecule has 0 bridgehead atoms. The monoisotopic (exact) mass is 427 g/mol. The lowest BCUT2D eigenvalue weighted by molar-refractivity contribution is -0.111. The Hall–Kier alpha value is -3.98. The highest BCUT2D eigenvalue weighted by molar-refractivity contribution is 5.99. The van der Waals surface area contributed by atoms with Crippen molar-refractivity contribution in [2.24, 2.45) is 0 Å². The zero-order valence-corrected chi connectivity index (χ0v) is 16.5. The summed E-state index contributed by atoms with van der Waals surface area (Å²) in [6, 6.07) is 10.7. The molecule has 0 atom stereocenters. The maximum Gasteiger partial charge on any atom is 0.247 e. The van der Waals surface area contributed by atoms with Crippen molar-refractivity contribution in [1.29, 1.82) is 0 Å². The van der Waals surface area contributed by atoms with Gasteiger partial charge < -0.3 is 25.4 Å². The Labute approximate surface area is 184 Å². The van der Waals surface area contributed by atoms with E-state index in [0.717, 1.165) is 6.08 Å². The van der Waals surface area contributed by atoms with Gasteiger partial charge in [0.25, 0.3) is 0 Å². The molecular formula is C22H22FN5O3. The molecule has 8 nitrogen and oxygen atoms in total. The van der Waals surface area contributed by atoms with Gasteiger partial charge in [0.1, 0.15) is 12.4 Å². The summed E-state index contributed by atoms with van der Waals surface area (Å²) in [5.74, 6) is -1.44. The molecule has 2 aromatic carbocycles. The molecule has 9 heteroatoms. The number of rotatable bonds is 10. The number of aromatic nitrogens is 2. The number of carbonyl (C=O) groups excluding carboxylic acids is 1. The Morgan fingerprint density at radius 2 is 2.00 bits per heavy atom. The molecule has 3 aromatic rings. The van der Waals surface area contributed by atoms with Crippen molar-refractivity contribution in [2.45, 2.75) is 0 Å². The molecule has 1 heterocycles. The second-order valence-corrected chi connectivity index (χ2v) is 5.94. The smallest absolute Gasteiger partial charge is 0.247 e. The van der Waals surface area contributed by atoms with E-state index in [4.69, 9.17) is 10.2 Å². The SMILES string of the molecule is [2H]c1cc(NC(=O)C=C)cc(Nc2nc(Nc3ccc(OCC([2H])([2H])OC)cc3)nc([2H])c2F)c1. The highest BCUT2D eigenvalue weighted by atomic mass is 19.1. The van der Waals surface area contributed by atoms with E-state index < -0.39 is 24.5 Å². The summed E-state index contributed by atoms with van der Waals surface area (Å²) in [6.07, 6.45) is 0.419. The van der Waals surface area contributed by atoms with Gasteiger partial charge in [-0.25, -0.2) is 9.37 Å². The zero-order chi connectivity index (χ0) is 25.6. The Bertz CT molecular complexity index is 1230. The number of nitrogens with zero attached hydrogens (tertiary/aromatic N) is 2. The van der Waals surface area contributed by atoms with Gasteiger partial charge in [0.05, 0.1) is 18.2 Å². The van der Waals surface area contributed by atoms with Gasteiger partial charge >= 0.3 is 0 Å². The fourth-order valence-corrected chi connectivity index (χ4v) is 2.36. The molecule has 0 radical (unpaired) electrons. The van der Waals surface area contributed by atoms with Crippen LogP contribution in [0.4, 0.5) is 33.2 Å². The third-order valence-electron chi connectivity index (χ3n) is 3.74. The molecule has 0 saturated heterocycles. The van der Waals surface area contributed by atoms with Crippen LogP contribution in [0.5, 0.6) is 5.75 Å². The first-order valence-electron chi connectivity index (χ1n) is 11.0. The summed E-state index contributed by atoms with van der Waals surface area (Å²) in [6.45, 7) is 1.14. The molecule has 0 unspecified atom stereocenters. The molecule has 1 aromatic heterocycles. The summed E-state index contributed by atoms with van der Waals surface area (Å²) in [5, 5.41) is 8.09. The van der Waals surface area contributed by atoms with E-state index in [1.807, 2.05) is 0 Å². The van der Waals surface area contributed by atoms with Crippen LogP contribution in [0, 0.1) is 5.82 Å². The number of ether oxygens (including phenoxy) is 2. The van der Waals surface area contributed by atoms with E-state index >= 15 is 0 Å². The molecule has 3 N–H and O–H groups in total. The van der Waals surface area contributed by atoms with Crippen LogP contribution in [0.1, 0.15) is 5.48 Å². The first kappa shape index (κ1) is 16.8. The third kappa shape index (κ3) is 6.51. The summed E-state index contributed by atoms with van der Waals surface area (Å²) < 4.78 is 55.3. The average molecular weight is 427 g/mol. The van der Waals surface area contributed by atoms with Crippen molar-refractivity contribution in [3.05, 3.63) is 73.2 Å². The van der Waals surface area contributed by atoms with Crippen LogP contribution in [0.3, 0.4) is 0 Å². The normalized spacial score (nSPS) is 12.6. The van der Waals surface area contributed by atoms with Crippen LogP contribution in [0.25, 0.3) is 0 Å². The van der Waals surface area contributed by atoms with Gasteiger partial charge in [-0.1, -0.05) is 12.6 Å². The Morgan fingerprint density at radius 3 is 2.74 bits per heavy atom. The van der Waals surface area contributed by atoms with E-state index in [-0.39, 0.29) is 30.1 Å². The lowest BCUT2D eigenvalue weighted by Crippen LogP contribution is -2.07. The number of hydrogen-bond donors (Lipinski definition) is 3. The second kappa shape index (κ2) is 10.7. The fraction of sp³-hybridized carbons (Fsp3) is 0.136. The Kier molecular flexibility index (Phi) is 5.79. The van der Waals surface area contributed by atoms with Gasteiger partial charge in [0.2, 0.25) is 11.9 Å². The molecule has 0 aliphatic carbocycles. The van der Waals surface area contributed by atoms with Gasteiger partial charge in [0.15, 0.2) is 11.6 Å². The predicted octanol–water partition coefficient (Wildman–Crippen LogP) is 4.25. The van der Waals surface area contributed by atoms with Gasteiger partial charge in [0, 0.05) is 24.2 Å². The lowest BCUT2D eigenvalue weighted by Gasteiger charge is -2.11. The molecule has 160 valence electrons. The quantitative estimate of drug-likeness (QED) is 0.416. The fourth-order valence-electron chi connectivity index (χ4n) is 2.36. The number of benzene rings is 2. The van der Waals surface area contributed by atoms with Crippen LogP contribution in [-0.4, -0.2) is 36.2 Å². The van der Waals surface area contributed by atoms with Crippen LogP contribution in [0.2, 0.25) is 0 Å². The van der Waals surface area contributed by atoms with E-state index in [1.165, 1.54) is 25.3 Å². The first-order valence-corrected chi connectivity index (χ1v) is 9.00. The minimum absolute atomic E-state index is 0.0501. The maximum atomic E-state index is 14.5. The molecule has 1 amide bonds. The number of nitrogens with one attached hydrogen (secondary N) is 3. The van der Waals surface area contributed by atoms with Crippen molar-refractivity contribution >= 4 is 34.7 Å². The summed E-state index contributed by atoms with van der Waals surface area (Å²) in [4.78, 5) is 19.4. The van der Waals surface area contributed by atoms with Crippen LogP contribution >= 0.6 is 0 Å². The molecule has 0 spiro atoms. The van der Waals surface area contributed by atoms with Crippen molar-refractivity contribution in [1.82, 2.24) is 9.97 Å². The van der Waals surface area contributed by atoms with Crippen molar-refractivity contribution in [3.63, 3.8) is 0 Å². The highest BCUT2D eigenvalue weighted by Crippen LogP contribution is 2.23. The molecule has 3 rings (SSSR count). The van der Waals surface area contributed by atoms with Crippen LogP contribution in [0.15, 0.2) is 67.3 Å². The van der Waals surface area contributed by atoms with Gasteiger partial charge in [-0.05, 0) is 48.5 Å². The first-order chi connectivity index (χ1) is 16.6. The van der Waals surface area contributed by atoms with E-state index in [0.29, 0.717) is 17.1 Å². The molecule has 0 saturated carbocycles. The predicted molar refractivity (Wildman–Crippen MR) is 118 cm³/mol. The number of halogens is 1. The van der Waals surface area contributed by atoms with Gasteiger partial charge in [-0.3, -0.25) is 4.79 Å². The summed E-state index contributed by atoms with van der Waals surface area (Å²) in [5.41, 5.74) is 1.06. The van der Waals surface area contributed by atoms with E-state index in [2.05, 4.69) is 37.2 Å². The van der Waals surface area contributed by atoms with Crippen LogP contribution < -0.4 is 20.7 Å². The Morgan fingerprint density at radius 1 is 1.23 bits per heavy atom. The van der Waals surface area contributed by atoms with E-state index in [9.17, 15) is 9.18 Å². The number of anilines is 5. The molecule has 31 heavy (non-hydrogen) atoms. The van der Waals surface area contributed by atoms with Crippen molar-refractivity contribution in [3.8, 4) is 5.75 Å². The third-order valence-corrected chi connectivity index (χ3v) is 3.74. The van der Waals surface area contributed by atoms with Gasteiger partial charge in [-0.15, -0.1) is 0 Å². The number of amides is 1. The largest absolute Gasteiger partial charge is 0.491 e. The maximum absolute atomic E-state index is 14.5. The Balaban J connectivity index is 1.76. The molecular weight excluding hydrogens is 401 g/mol. The number of carbonyl (C=O) groups is 1. The zero-order valence-electron chi connectivity index (χ0n) is 20.5. The van der Waals surface area contributed by atoms with Crippen molar-refractivity contribution < 1.29 is 24.1 Å². The molecule has 0 aliphatic heterocycles. The summed E-state index contributed by atoms with van der Waals surface area (Å²) >= 11 is 0. The standard InChI is InChI=1S/C22H22FN5O3/c1-3-20(29)25-16-5-4-6-17(13-16)26-21-19(23)14-24-22(28-21)27-15-7-9-18(10-8-15)31-12-11-30-2/h3-10,13-14H,1,11-12H2,2H3,(H,25,29)(H2,24,26,27,28)/i4D,11D2,14D. The molecule has 0 aliphatic rings. The van der Waals surface area contributed by atoms with Crippen molar-refractivity contribution in [2.75, 3.05) is 36.2 Å². The van der Waals surface area contributed by atoms with Gasteiger partial charge in [-0.2, -0.15) is 4.98 Å². The number of hydrogen-bond acceptors (Lipinski definition) is 7. The van der Waals surface area contributed by atoms with E-state index in [1.54, 1.807) is 24.3 Å². The minimum Gasteiger partial charge on any atom is -0.491 e. The highest BCUT2D eigenvalue weighted by Gasteiger charge is 2.09. The average Bonchev–Trinajstić information content (AvgIpc) is 2.81. The summed E-state index contributed by atoms with van der Waals surface area (Å²) in [7, 11) is 1.24.